The molecule has 1 aromatic carbocycles. The van der Waals surface area contributed by atoms with E-state index in [1.54, 1.807) is 0 Å². The molecule has 1 aliphatic heterocycles. The number of aryl methyl sites for hydroxylation is 1. The maximum Gasteiger partial charge on any atom is 0.192 e. The topological polar surface area (TPSA) is 68.1 Å². The Morgan fingerprint density at radius 3 is 2.43 bits per heavy atom. The maximum absolute atomic E-state index is 15.0. The highest BCUT2D eigenvalue weighted by molar-refractivity contribution is 7.93. The average Bonchev–Trinajstić information content (AvgIpc) is 3.00. The highest BCUT2D eigenvalue weighted by atomic mass is 32.2. The fourth-order valence-electron chi connectivity index (χ4n) is 5.18. The second kappa shape index (κ2) is 10.6. The van der Waals surface area contributed by atoms with E-state index in [9.17, 15) is 9.32 Å². The van der Waals surface area contributed by atoms with Crippen LogP contribution in [0.15, 0.2) is 33.5 Å². The molecule has 1 saturated carbocycles. The summed E-state index contributed by atoms with van der Waals surface area (Å²) >= 11 is 0. The molecule has 6 atom stereocenters. The van der Waals surface area contributed by atoms with Gasteiger partial charge in [0.15, 0.2) is 8.32 Å². The molecule has 1 aliphatic carbocycles. The van der Waals surface area contributed by atoms with Crippen molar-refractivity contribution in [3.05, 3.63) is 29.8 Å². The standard InChI is InChI=1S/C28H49NO4SSi/c1-20(2)25(18-32-35(8,9)27(5,6)7)29-34(31,23-15-13-21(3)14-16-23)19-28-17-11-10-12-24(28)26(30)22(4)33-28/h13-16,20,22,24-26,30H,10-12,17-19H2,1-9H3/t22-,24+,25-,26+,28-,34?/m0/s1. The Morgan fingerprint density at radius 1 is 1.23 bits per heavy atom. The zero-order valence-electron chi connectivity index (χ0n) is 23.5. The Balaban J connectivity index is 2.04. The third-order valence-corrected chi connectivity index (χ3v) is 15.7. The lowest BCUT2D eigenvalue weighted by atomic mass is 9.75. The summed E-state index contributed by atoms with van der Waals surface area (Å²) in [5.41, 5.74) is 0.539. The van der Waals surface area contributed by atoms with Gasteiger partial charge in [-0.1, -0.05) is 65.2 Å². The highest BCUT2D eigenvalue weighted by Crippen LogP contribution is 2.48. The van der Waals surface area contributed by atoms with Crippen molar-refractivity contribution in [1.29, 1.82) is 0 Å². The smallest absolute Gasteiger partial charge is 0.192 e. The normalized spacial score (nSPS) is 30.1. The largest absolute Gasteiger partial charge is 0.415 e. The summed E-state index contributed by atoms with van der Waals surface area (Å²) in [6.45, 7) is 20.0. The Hall–Kier alpha value is -0.733. The second-order valence-electron chi connectivity index (χ2n) is 12.8. The lowest BCUT2D eigenvalue weighted by Gasteiger charge is -2.40. The first-order valence-electron chi connectivity index (χ1n) is 13.4. The van der Waals surface area contributed by atoms with Gasteiger partial charge in [-0.05, 0) is 62.9 Å². The summed E-state index contributed by atoms with van der Waals surface area (Å²) in [4.78, 5) is 0.761. The van der Waals surface area contributed by atoms with Crippen LogP contribution < -0.4 is 0 Å². The lowest BCUT2D eigenvalue weighted by molar-refractivity contribution is -0.0547. The third kappa shape index (κ3) is 6.23. The molecule has 3 rings (SSSR count). The summed E-state index contributed by atoms with van der Waals surface area (Å²) in [7, 11) is -4.79. The van der Waals surface area contributed by atoms with E-state index in [0.29, 0.717) is 12.4 Å². The molecule has 2 fully saturated rings. The Bertz CT molecular complexity index is 978. The molecule has 1 unspecified atom stereocenters. The molecule has 0 aromatic heterocycles. The molecule has 1 heterocycles. The van der Waals surface area contributed by atoms with Crippen molar-refractivity contribution in [2.45, 2.75) is 121 Å². The van der Waals surface area contributed by atoms with Crippen LogP contribution in [0.2, 0.25) is 18.1 Å². The number of fused-ring (bicyclic) bond motifs is 1. The Kier molecular flexibility index (Phi) is 8.70. The summed E-state index contributed by atoms with van der Waals surface area (Å²) in [6, 6.07) is 7.79. The van der Waals surface area contributed by atoms with E-state index in [-0.39, 0.29) is 29.0 Å². The first kappa shape index (κ1) is 28.8. The van der Waals surface area contributed by atoms with E-state index in [4.69, 9.17) is 13.5 Å². The van der Waals surface area contributed by atoms with Gasteiger partial charge in [0.25, 0.3) is 0 Å². The molecule has 200 valence electrons. The van der Waals surface area contributed by atoms with Crippen LogP contribution in [0.5, 0.6) is 0 Å². The third-order valence-electron chi connectivity index (χ3n) is 8.68. The minimum Gasteiger partial charge on any atom is -0.415 e. The van der Waals surface area contributed by atoms with Gasteiger partial charge in [-0.15, -0.1) is 0 Å². The number of hydrogen-bond acceptors (Lipinski definition) is 5. The SMILES string of the molecule is Cc1ccc(S(=O)(C[C@@]23CCCC[C@@H]2[C@H](O)[C@H](C)O3)=N[C@@H](CO[Si](C)(C)C(C)(C)C)C(C)C)cc1. The monoisotopic (exact) mass is 523 g/mol. The molecule has 35 heavy (non-hydrogen) atoms. The minimum absolute atomic E-state index is 0.00806. The number of rotatable bonds is 8. The van der Waals surface area contributed by atoms with Crippen LogP contribution in [0.1, 0.15) is 72.8 Å². The molecule has 2 aliphatic rings. The number of nitrogens with zero attached hydrogens (tertiary/aromatic N) is 1. The van der Waals surface area contributed by atoms with Crippen LogP contribution in [0.4, 0.5) is 0 Å². The Morgan fingerprint density at radius 2 is 1.86 bits per heavy atom. The summed E-state index contributed by atoms with van der Waals surface area (Å²) in [6.07, 6.45) is 3.09. The predicted octanol–water partition coefficient (Wildman–Crippen LogP) is 6.58. The van der Waals surface area contributed by atoms with Crippen LogP contribution in [0.25, 0.3) is 0 Å². The van der Waals surface area contributed by atoms with Crippen LogP contribution in [0, 0.1) is 18.8 Å². The van der Waals surface area contributed by atoms with Crippen molar-refractivity contribution in [1.82, 2.24) is 0 Å². The van der Waals surface area contributed by atoms with E-state index < -0.39 is 29.8 Å². The first-order valence-corrected chi connectivity index (χ1v) is 18.0. The van der Waals surface area contributed by atoms with Crippen molar-refractivity contribution < 1.29 is 18.5 Å². The zero-order valence-corrected chi connectivity index (χ0v) is 25.3. The number of benzene rings is 1. The molecule has 0 amide bonds. The molecule has 1 saturated heterocycles. The molecular weight excluding hydrogens is 474 g/mol. The highest BCUT2D eigenvalue weighted by Gasteiger charge is 2.55. The molecule has 1 aromatic rings. The van der Waals surface area contributed by atoms with Gasteiger partial charge in [0.05, 0.1) is 45.9 Å². The summed E-state index contributed by atoms with van der Waals surface area (Å²) in [5.74, 6) is 0.534. The van der Waals surface area contributed by atoms with Crippen molar-refractivity contribution in [2.75, 3.05) is 12.4 Å². The van der Waals surface area contributed by atoms with Crippen molar-refractivity contribution in [3.63, 3.8) is 0 Å². The predicted molar refractivity (Wildman–Crippen MR) is 148 cm³/mol. The van der Waals surface area contributed by atoms with Gasteiger partial charge >= 0.3 is 0 Å². The number of ether oxygens (including phenoxy) is 1. The fraction of sp³-hybridized carbons (Fsp3) is 0.786. The van der Waals surface area contributed by atoms with Crippen LogP contribution in [0.3, 0.4) is 0 Å². The van der Waals surface area contributed by atoms with Gasteiger partial charge in [0, 0.05) is 10.8 Å². The maximum atomic E-state index is 15.0. The average molecular weight is 524 g/mol. The molecular formula is C28H49NO4SSi. The molecule has 0 bridgehead atoms. The first-order chi connectivity index (χ1) is 16.1. The second-order valence-corrected chi connectivity index (χ2v) is 19.9. The van der Waals surface area contributed by atoms with E-state index in [1.165, 1.54) is 0 Å². The number of hydrogen-bond donors (Lipinski definition) is 1. The van der Waals surface area contributed by atoms with Gasteiger partial charge in [-0.25, -0.2) is 8.57 Å². The van der Waals surface area contributed by atoms with Gasteiger partial charge in [-0.2, -0.15) is 0 Å². The fourth-order valence-corrected chi connectivity index (χ4v) is 8.96. The van der Waals surface area contributed by atoms with E-state index in [0.717, 1.165) is 36.1 Å². The van der Waals surface area contributed by atoms with E-state index in [2.05, 4.69) is 47.7 Å². The lowest BCUT2D eigenvalue weighted by Crippen LogP contribution is -2.47. The zero-order chi connectivity index (χ0) is 26.2. The summed E-state index contributed by atoms with van der Waals surface area (Å²) < 4.78 is 33.2. The van der Waals surface area contributed by atoms with Gasteiger partial charge in [-0.3, -0.25) is 0 Å². The molecule has 0 radical (unpaired) electrons. The van der Waals surface area contributed by atoms with Gasteiger partial charge in [0.2, 0.25) is 0 Å². The van der Waals surface area contributed by atoms with Crippen LogP contribution in [-0.2, 0) is 18.9 Å². The van der Waals surface area contributed by atoms with Crippen LogP contribution in [-0.4, -0.2) is 53.8 Å². The van der Waals surface area contributed by atoms with Gasteiger partial charge in [0.1, 0.15) is 0 Å². The Labute approximate surface area is 215 Å². The van der Waals surface area contributed by atoms with Gasteiger partial charge < -0.3 is 14.3 Å². The molecule has 1 N–H and O–H groups in total. The van der Waals surface area contributed by atoms with E-state index in [1.807, 2.05) is 38.1 Å². The van der Waals surface area contributed by atoms with Crippen molar-refractivity contribution in [3.8, 4) is 0 Å². The molecule has 5 nitrogen and oxygen atoms in total. The number of aliphatic hydroxyl groups is 1. The van der Waals surface area contributed by atoms with E-state index >= 15 is 0 Å². The van der Waals surface area contributed by atoms with Crippen LogP contribution >= 0.6 is 0 Å². The molecule has 7 heteroatoms. The van der Waals surface area contributed by atoms with Crippen molar-refractivity contribution >= 4 is 18.0 Å². The summed E-state index contributed by atoms with van der Waals surface area (Å²) in [5, 5.41) is 11.0. The molecule has 0 spiro atoms. The van der Waals surface area contributed by atoms with Crippen molar-refractivity contribution in [2.24, 2.45) is 16.2 Å². The number of aliphatic hydroxyl groups excluding tert-OH is 1. The quantitative estimate of drug-likeness (QED) is 0.391. The minimum atomic E-state index is -2.82.